The molecule has 0 heterocycles. The molecule has 0 spiro atoms. The molecule has 0 aliphatic heterocycles. The van der Waals surface area contributed by atoms with E-state index in [2.05, 4.69) is 19.2 Å². The molecule has 0 N–H and O–H groups in total. The predicted molar refractivity (Wildman–Crippen MR) is 52.1 cm³/mol. The van der Waals surface area contributed by atoms with Gasteiger partial charge in [0.15, 0.2) is 0 Å². The Morgan fingerprint density at radius 2 is 1.17 bits per heavy atom. The van der Waals surface area contributed by atoms with Crippen molar-refractivity contribution in [3.05, 3.63) is 5.32 Å². The molecule has 0 aliphatic rings. The number of nitrogens with zero attached hydrogens (tertiary/aromatic N) is 1. The van der Waals surface area contributed by atoms with Crippen molar-refractivity contribution in [2.24, 2.45) is 0 Å². The molecule has 0 aliphatic carbocycles. The van der Waals surface area contributed by atoms with E-state index >= 15 is 0 Å². The molecule has 0 aromatic heterocycles. The minimum atomic E-state index is 0. The van der Waals surface area contributed by atoms with Crippen molar-refractivity contribution in [3.63, 3.8) is 0 Å². The molecule has 0 amide bonds. The molecule has 0 saturated heterocycles. The van der Waals surface area contributed by atoms with E-state index in [1.165, 1.54) is 38.5 Å². The van der Waals surface area contributed by atoms with Gasteiger partial charge >= 0.3 is 68.9 Å². The smallest absolute Gasteiger partial charge is 0.662 e. The average Bonchev–Trinajstić information content (AvgIpc) is 2.03. The first kappa shape index (κ1) is 16.4. The maximum Gasteiger partial charge on any atom is 1.00 e. The molecule has 12 heavy (non-hydrogen) atoms. The summed E-state index contributed by atoms with van der Waals surface area (Å²) in [5.74, 6) is 0. The van der Waals surface area contributed by atoms with E-state index in [9.17, 15) is 0 Å². The zero-order valence-corrected chi connectivity index (χ0v) is 15.4. The van der Waals surface area contributed by atoms with E-state index in [1.807, 2.05) is 0 Å². The standard InChI is InChI=1S/C10H22N.Cs/c1-3-5-7-9-11-10-8-6-4-2;/h3-10H2,1-2H3;/q-1;+1. The van der Waals surface area contributed by atoms with Crippen molar-refractivity contribution >= 4 is 0 Å². The maximum atomic E-state index is 4.45. The van der Waals surface area contributed by atoms with E-state index < -0.39 is 0 Å². The Hall–Kier alpha value is 2.01. The van der Waals surface area contributed by atoms with E-state index in [4.69, 9.17) is 0 Å². The first-order chi connectivity index (χ1) is 5.41. The summed E-state index contributed by atoms with van der Waals surface area (Å²) >= 11 is 0. The summed E-state index contributed by atoms with van der Waals surface area (Å²) < 4.78 is 0. The summed E-state index contributed by atoms with van der Waals surface area (Å²) in [6.07, 6.45) is 7.90. The molecular weight excluding hydrogens is 267 g/mol. The van der Waals surface area contributed by atoms with Crippen LogP contribution in [0.5, 0.6) is 0 Å². The van der Waals surface area contributed by atoms with Gasteiger partial charge in [0, 0.05) is 0 Å². The molecule has 0 aromatic rings. The van der Waals surface area contributed by atoms with Crippen molar-refractivity contribution in [2.75, 3.05) is 13.1 Å². The van der Waals surface area contributed by atoms with Gasteiger partial charge in [0.25, 0.3) is 0 Å². The molecule has 0 atom stereocenters. The van der Waals surface area contributed by atoms with Crippen LogP contribution in [0.25, 0.3) is 5.32 Å². The summed E-state index contributed by atoms with van der Waals surface area (Å²) in [6.45, 7) is 6.66. The van der Waals surface area contributed by atoms with Gasteiger partial charge in [-0.05, 0) is 0 Å². The molecule has 0 bridgehead atoms. The van der Waals surface area contributed by atoms with Crippen LogP contribution in [0.1, 0.15) is 52.4 Å². The van der Waals surface area contributed by atoms with Crippen LogP contribution in [-0.2, 0) is 0 Å². The Morgan fingerprint density at radius 3 is 1.50 bits per heavy atom. The quantitative estimate of drug-likeness (QED) is 0.585. The Morgan fingerprint density at radius 1 is 0.750 bits per heavy atom. The van der Waals surface area contributed by atoms with Gasteiger partial charge in [0.05, 0.1) is 0 Å². The van der Waals surface area contributed by atoms with Gasteiger partial charge < -0.3 is 5.32 Å². The van der Waals surface area contributed by atoms with Gasteiger partial charge in [0.1, 0.15) is 0 Å². The number of rotatable bonds is 8. The summed E-state index contributed by atoms with van der Waals surface area (Å²) in [7, 11) is 0. The zero-order chi connectivity index (χ0) is 8.36. The molecule has 0 radical (unpaired) electrons. The number of hydrogen-bond acceptors (Lipinski definition) is 0. The normalized spacial score (nSPS) is 9.50. The van der Waals surface area contributed by atoms with Gasteiger partial charge in [0.2, 0.25) is 0 Å². The van der Waals surface area contributed by atoms with Crippen LogP contribution in [0.3, 0.4) is 0 Å². The predicted octanol–water partition coefficient (Wildman–Crippen LogP) is 0.744. The summed E-state index contributed by atoms with van der Waals surface area (Å²) in [5, 5.41) is 4.45. The van der Waals surface area contributed by atoms with E-state index in [1.54, 1.807) is 0 Å². The minimum Gasteiger partial charge on any atom is -0.662 e. The van der Waals surface area contributed by atoms with Crippen LogP contribution in [0.2, 0.25) is 0 Å². The molecule has 0 unspecified atom stereocenters. The Kier molecular flexibility index (Phi) is 21.2. The van der Waals surface area contributed by atoms with Crippen molar-refractivity contribution in [1.29, 1.82) is 0 Å². The largest absolute Gasteiger partial charge is 1.00 e. The van der Waals surface area contributed by atoms with Gasteiger partial charge in [-0.25, -0.2) is 0 Å². The van der Waals surface area contributed by atoms with Crippen LogP contribution >= 0.6 is 0 Å². The van der Waals surface area contributed by atoms with Crippen LogP contribution in [0.4, 0.5) is 0 Å². The Bertz CT molecular complexity index is 58.9. The Balaban J connectivity index is 0. The van der Waals surface area contributed by atoms with Crippen molar-refractivity contribution in [3.8, 4) is 0 Å². The minimum absolute atomic E-state index is 0. The summed E-state index contributed by atoms with van der Waals surface area (Å²) in [6, 6.07) is 0. The molecule has 1 nitrogen and oxygen atoms in total. The average molecular weight is 289 g/mol. The van der Waals surface area contributed by atoms with Gasteiger partial charge in [-0.3, -0.25) is 0 Å². The number of hydrogen-bond donors (Lipinski definition) is 0. The van der Waals surface area contributed by atoms with Crippen molar-refractivity contribution in [2.45, 2.75) is 52.4 Å². The monoisotopic (exact) mass is 289 g/mol. The van der Waals surface area contributed by atoms with E-state index in [-0.39, 0.29) is 68.9 Å². The van der Waals surface area contributed by atoms with Crippen LogP contribution in [0, 0.1) is 0 Å². The molecule has 0 rings (SSSR count). The Labute approximate surface area is 137 Å². The summed E-state index contributed by atoms with van der Waals surface area (Å²) in [4.78, 5) is 0. The molecule has 0 fully saturated rings. The second-order valence-corrected chi connectivity index (χ2v) is 3.09. The maximum absolute atomic E-state index is 4.45. The van der Waals surface area contributed by atoms with Gasteiger partial charge in [-0.1, -0.05) is 52.4 Å². The molecule has 0 aromatic carbocycles. The molecular formula is C10H22CsN. The van der Waals surface area contributed by atoms with Crippen LogP contribution in [0.15, 0.2) is 0 Å². The second kappa shape index (κ2) is 15.5. The van der Waals surface area contributed by atoms with E-state index in [0.717, 1.165) is 13.1 Å². The topological polar surface area (TPSA) is 14.1 Å². The van der Waals surface area contributed by atoms with Crippen molar-refractivity contribution < 1.29 is 68.9 Å². The first-order valence-electron chi connectivity index (χ1n) is 5.05. The third-order valence-electron chi connectivity index (χ3n) is 1.84. The van der Waals surface area contributed by atoms with Crippen LogP contribution in [-0.4, -0.2) is 13.1 Å². The van der Waals surface area contributed by atoms with E-state index in [0.29, 0.717) is 0 Å². The third kappa shape index (κ3) is 14.5. The van der Waals surface area contributed by atoms with Crippen LogP contribution < -0.4 is 68.9 Å². The summed E-state index contributed by atoms with van der Waals surface area (Å²) in [5.41, 5.74) is 0. The first-order valence-corrected chi connectivity index (χ1v) is 5.05. The molecule has 68 valence electrons. The fraction of sp³-hybridized carbons (Fsp3) is 1.00. The SMILES string of the molecule is CCCCC[N-]CCCCC.[Cs+]. The fourth-order valence-electron chi connectivity index (χ4n) is 1.06. The third-order valence-corrected chi connectivity index (χ3v) is 1.84. The molecule has 0 saturated carbocycles. The molecule has 2 heteroatoms. The van der Waals surface area contributed by atoms with Gasteiger partial charge in [-0.15, -0.1) is 13.1 Å². The van der Waals surface area contributed by atoms with Gasteiger partial charge in [-0.2, -0.15) is 0 Å². The fourth-order valence-corrected chi connectivity index (χ4v) is 1.06. The second-order valence-electron chi connectivity index (χ2n) is 3.09. The van der Waals surface area contributed by atoms with Crippen molar-refractivity contribution in [1.82, 2.24) is 0 Å². The number of unbranched alkanes of at least 4 members (excludes halogenated alkanes) is 4. The zero-order valence-electron chi connectivity index (χ0n) is 9.10.